The van der Waals surface area contributed by atoms with Crippen molar-refractivity contribution in [2.75, 3.05) is 0 Å². The SMILES string of the molecule is O[C@@H]1[C@H](O)[C@@H](O)c2ccc3cc4ccccc4cc3c2[C@H]1O. The summed E-state index contributed by atoms with van der Waals surface area (Å²) in [4.78, 5) is 0. The summed E-state index contributed by atoms with van der Waals surface area (Å²) in [5.41, 5.74) is 0.960. The van der Waals surface area contributed by atoms with E-state index in [1.807, 2.05) is 42.5 Å². The molecule has 112 valence electrons. The van der Waals surface area contributed by atoms with Gasteiger partial charge in [0.1, 0.15) is 24.4 Å². The van der Waals surface area contributed by atoms with Crippen LogP contribution in [0.25, 0.3) is 21.5 Å². The topological polar surface area (TPSA) is 80.9 Å². The molecule has 4 N–H and O–H groups in total. The van der Waals surface area contributed by atoms with E-state index in [0.29, 0.717) is 11.1 Å². The van der Waals surface area contributed by atoms with Gasteiger partial charge in [0.25, 0.3) is 0 Å². The van der Waals surface area contributed by atoms with Crippen LogP contribution in [0.2, 0.25) is 0 Å². The highest BCUT2D eigenvalue weighted by molar-refractivity contribution is 6.00. The molecule has 1 aliphatic carbocycles. The van der Waals surface area contributed by atoms with Crippen molar-refractivity contribution >= 4 is 21.5 Å². The molecule has 4 atom stereocenters. The minimum atomic E-state index is -1.40. The fourth-order valence-corrected chi connectivity index (χ4v) is 3.37. The molecule has 0 heterocycles. The summed E-state index contributed by atoms with van der Waals surface area (Å²) in [6, 6.07) is 15.4. The zero-order chi connectivity index (χ0) is 15.4. The van der Waals surface area contributed by atoms with Crippen LogP contribution in [0.15, 0.2) is 48.5 Å². The van der Waals surface area contributed by atoms with E-state index in [2.05, 4.69) is 0 Å². The van der Waals surface area contributed by atoms with Crippen LogP contribution >= 0.6 is 0 Å². The van der Waals surface area contributed by atoms with Gasteiger partial charge in [0.05, 0.1) is 0 Å². The first-order valence-electron chi connectivity index (χ1n) is 7.25. The Labute approximate surface area is 126 Å². The lowest BCUT2D eigenvalue weighted by molar-refractivity contribution is -0.119. The highest BCUT2D eigenvalue weighted by Crippen LogP contribution is 2.41. The second kappa shape index (κ2) is 4.76. The monoisotopic (exact) mass is 296 g/mol. The number of fused-ring (bicyclic) bond motifs is 4. The number of hydrogen-bond acceptors (Lipinski definition) is 4. The van der Waals surface area contributed by atoms with Crippen molar-refractivity contribution in [2.45, 2.75) is 24.4 Å². The van der Waals surface area contributed by atoms with Crippen molar-refractivity contribution in [3.05, 3.63) is 59.7 Å². The van der Waals surface area contributed by atoms with E-state index < -0.39 is 24.4 Å². The molecule has 0 bridgehead atoms. The van der Waals surface area contributed by atoms with Gasteiger partial charge in [-0.1, -0.05) is 36.4 Å². The predicted octanol–water partition coefficient (Wildman–Crippen LogP) is 1.80. The summed E-state index contributed by atoms with van der Waals surface area (Å²) in [6.07, 6.45) is -5.22. The smallest absolute Gasteiger partial charge is 0.113 e. The van der Waals surface area contributed by atoms with Gasteiger partial charge in [0.2, 0.25) is 0 Å². The van der Waals surface area contributed by atoms with Gasteiger partial charge >= 0.3 is 0 Å². The van der Waals surface area contributed by atoms with Crippen LogP contribution in [0.5, 0.6) is 0 Å². The van der Waals surface area contributed by atoms with Gasteiger partial charge in [0.15, 0.2) is 0 Å². The Balaban J connectivity index is 2.08. The largest absolute Gasteiger partial charge is 0.387 e. The highest BCUT2D eigenvalue weighted by Gasteiger charge is 2.40. The standard InChI is InChI=1S/C18H16O4/c19-15-12-6-5-11-7-9-3-1-2-4-10(9)8-13(11)14(12)16(20)18(22)17(15)21/h1-8,15-22H/t15-,16+,17+,18-/m0/s1. The van der Waals surface area contributed by atoms with Crippen LogP contribution < -0.4 is 0 Å². The molecule has 0 fully saturated rings. The summed E-state index contributed by atoms with van der Waals surface area (Å²) in [5.74, 6) is 0. The maximum absolute atomic E-state index is 10.4. The molecule has 0 aromatic heterocycles. The normalized spacial score (nSPS) is 28.0. The second-order valence-electron chi connectivity index (χ2n) is 5.86. The third-order valence-electron chi connectivity index (χ3n) is 4.57. The van der Waals surface area contributed by atoms with Crippen LogP contribution in [0, 0.1) is 0 Å². The zero-order valence-electron chi connectivity index (χ0n) is 11.7. The summed E-state index contributed by atoms with van der Waals surface area (Å²) >= 11 is 0. The van der Waals surface area contributed by atoms with Gasteiger partial charge in [-0.2, -0.15) is 0 Å². The van der Waals surface area contributed by atoms with Gasteiger partial charge in [-0.3, -0.25) is 0 Å². The van der Waals surface area contributed by atoms with E-state index in [-0.39, 0.29) is 0 Å². The van der Waals surface area contributed by atoms with Crippen LogP contribution in [0.4, 0.5) is 0 Å². The molecule has 4 nitrogen and oxygen atoms in total. The van der Waals surface area contributed by atoms with Gasteiger partial charge in [-0.05, 0) is 44.8 Å². The molecular formula is C18H16O4. The molecule has 0 aliphatic heterocycles. The number of aliphatic hydroxyl groups excluding tert-OH is 4. The number of benzene rings is 3. The molecule has 0 saturated heterocycles. The van der Waals surface area contributed by atoms with E-state index in [9.17, 15) is 20.4 Å². The molecular weight excluding hydrogens is 280 g/mol. The molecule has 3 aromatic carbocycles. The summed E-state index contributed by atoms with van der Waals surface area (Å²) in [6.45, 7) is 0. The molecule has 3 aromatic rings. The Hall–Kier alpha value is -1.98. The van der Waals surface area contributed by atoms with Crippen LogP contribution in [0.1, 0.15) is 23.3 Å². The first-order valence-corrected chi connectivity index (χ1v) is 7.25. The Morgan fingerprint density at radius 1 is 0.636 bits per heavy atom. The summed E-state index contributed by atoms with van der Waals surface area (Å²) < 4.78 is 0. The number of aliphatic hydroxyl groups is 4. The van der Waals surface area contributed by atoms with Crippen molar-refractivity contribution in [2.24, 2.45) is 0 Å². The molecule has 4 rings (SSSR count). The van der Waals surface area contributed by atoms with Crippen LogP contribution in [-0.2, 0) is 0 Å². The lowest BCUT2D eigenvalue weighted by Gasteiger charge is -2.35. The van der Waals surface area contributed by atoms with E-state index in [1.165, 1.54) is 0 Å². The molecule has 1 aliphatic rings. The third-order valence-corrected chi connectivity index (χ3v) is 4.57. The summed E-state index contributed by atoms with van der Waals surface area (Å²) in [5, 5.41) is 44.2. The Morgan fingerprint density at radius 2 is 1.27 bits per heavy atom. The zero-order valence-corrected chi connectivity index (χ0v) is 11.7. The molecule has 0 amide bonds. The molecule has 0 saturated carbocycles. The Bertz CT molecular complexity index is 873. The maximum Gasteiger partial charge on any atom is 0.113 e. The van der Waals surface area contributed by atoms with Gasteiger partial charge in [-0.15, -0.1) is 0 Å². The fourth-order valence-electron chi connectivity index (χ4n) is 3.37. The quantitative estimate of drug-likeness (QED) is 0.477. The minimum Gasteiger partial charge on any atom is -0.387 e. The third kappa shape index (κ3) is 1.79. The van der Waals surface area contributed by atoms with Crippen molar-refractivity contribution in [3.63, 3.8) is 0 Å². The molecule has 0 radical (unpaired) electrons. The van der Waals surface area contributed by atoms with E-state index in [1.54, 1.807) is 6.07 Å². The average Bonchev–Trinajstić information content (AvgIpc) is 2.55. The second-order valence-corrected chi connectivity index (χ2v) is 5.86. The van der Waals surface area contributed by atoms with Gasteiger partial charge in [0, 0.05) is 0 Å². The van der Waals surface area contributed by atoms with Crippen molar-refractivity contribution in [3.8, 4) is 0 Å². The Morgan fingerprint density at radius 3 is 2.00 bits per heavy atom. The van der Waals surface area contributed by atoms with Crippen molar-refractivity contribution in [1.29, 1.82) is 0 Å². The summed E-state index contributed by atoms with van der Waals surface area (Å²) in [7, 11) is 0. The number of hydrogen-bond donors (Lipinski definition) is 4. The lowest BCUT2D eigenvalue weighted by atomic mass is 9.80. The fraction of sp³-hybridized carbons (Fsp3) is 0.222. The number of rotatable bonds is 0. The molecule has 0 spiro atoms. The molecule has 4 heteroatoms. The molecule has 0 unspecified atom stereocenters. The predicted molar refractivity (Wildman–Crippen MR) is 83.4 cm³/mol. The average molecular weight is 296 g/mol. The lowest BCUT2D eigenvalue weighted by Crippen LogP contribution is -2.41. The Kier molecular flexibility index (Phi) is 2.96. The van der Waals surface area contributed by atoms with Crippen molar-refractivity contribution in [1.82, 2.24) is 0 Å². The van der Waals surface area contributed by atoms with Gasteiger partial charge in [-0.25, -0.2) is 0 Å². The van der Waals surface area contributed by atoms with Crippen molar-refractivity contribution < 1.29 is 20.4 Å². The first-order chi connectivity index (χ1) is 10.6. The molecule has 22 heavy (non-hydrogen) atoms. The van der Waals surface area contributed by atoms with Gasteiger partial charge < -0.3 is 20.4 Å². The van der Waals surface area contributed by atoms with Crippen LogP contribution in [-0.4, -0.2) is 32.6 Å². The minimum absolute atomic E-state index is 0.466. The maximum atomic E-state index is 10.4. The van der Waals surface area contributed by atoms with E-state index in [0.717, 1.165) is 21.5 Å². The van der Waals surface area contributed by atoms with E-state index in [4.69, 9.17) is 0 Å². The van der Waals surface area contributed by atoms with E-state index >= 15 is 0 Å². The first kappa shape index (κ1) is 13.7. The highest BCUT2D eigenvalue weighted by atomic mass is 16.4. The van der Waals surface area contributed by atoms with Crippen LogP contribution in [0.3, 0.4) is 0 Å².